The molecule has 0 amide bonds. The second-order valence-electron chi connectivity index (χ2n) is 14.8. The highest BCUT2D eigenvalue weighted by Crippen LogP contribution is 2.54. The van der Waals surface area contributed by atoms with Crippen molar-refractivity contribution in [2.45, 2.75) is 180 Å². The van der Waals surface area contributed by atoms with Crippen LogP contribution in [0, 0.1) is 0 Å². The average Bonchev–Trinajstić information content (AvgIpc) is 2.97. The third-order valence-electron chi connectivity index (χ3n) is 9.10. The highest BCUT2D eigenvalue weighted by atomic mass is 35.8. The predicted molar refractivity (Wildman–Crippen MR) is 223 cm³/mol. The number of alkyl halides is 3. The van der Waals surface area contributed by atoms with Gasteiger partial charge in [-0.15, -0.1) is 33.2 Å². The first kappa shape index (κ1) is 49.8. The summed E-state index contributed by atoms with van der Waals surface area (Å²) in [5, 5.41) is 0. The van der Waals surface area contributed by atoms with Crippen LogP contribution in [0.15, 0.2) is 0 Å². The summed E-state index contributed by atoms with van der Waals surface area (Å²) in [5.41, 5.74) is 0. The summed E-state index contributed by atoms with van der Waals surface area (Å²) in [4.78, 5) is 0. The summed E-state index contributed by atoms with van der Waals surface area (Å²) >= 11 is 16.1. The van der Waals surface area contributed by atoms with Crippen LogP contribution in [0.2, 0.25) is 54.4 Å². The molecular weight excluding hydrogens is 944 g/mol. The minimum absolute atomic E-state index is 0.0666. The van der Waals surface area contributed by atoms with Gasteiger partial charge in [0.05, 0.1) is 0 Å². The Kier molecular flexibility index (Phi) is 17.8. The van der Waals surface area contributed by atoms with Crippen molar-refractivity contribution in [2.24, 2.45) is 0 Å². The Morgan fingerprint density at radius 2 is 0.527 bits per heavy atom. The van der Waals surface area contributed by atoms with Gasteiger partial charge in [0.1, 0.15) is 0 Å². The van der Waals surface area contributed by atoms with Crippen LogP contribution in [0.25, 0.3) is 0 Å². The van der Waals surface area contributed by atoms with Crippen LogP contribution in [0.4, 0.5) is 13.2 Å². The molecule has 6 fully saturated rings. The highest BCUT2D eigenvalue weighted by Gasteiger charge is 2.82. The molecule has 0 aromatic rings. The van der Waals surface area contributed by atoms with Gasteiger partial charge in [-0.05, 0) is 12.5 Å². The van der Waals surface area contributed by atoms with Crippen molar-refractivity contribution in [3.63, 3.8) is 0 Å². The van der Waals surface area contributed by atoms with E-state index in [1.165, 1.54) is 0 Å². The predicted octanol–water partition coefficient (Wildman–Crippen LogP) is 11.0. The molecule has 0 aromatic heterocycles. The molecule has 6 heterocycles. The largest absolute Gasteiger partial charge is 0.478 e. The lowest BCUT2D eigenvalue weighted by Crippen LogP contribution is -2.88. The molecule has 0 aliphatic carbocycles. The van der Waals surface area contributed by atoms with E-state index in [1.54, 1.807) is 0 Å². The maximum atomic E-state index is 11.5. The lowest BCUT2D eigenvalue weighted by Gasteiger charge is -2.63. The van der Waals surface area contributed by atoms with Crippen LogP contribution in [-0.2, 0) is 49.4 Å². The summed E-state index contributed by atoms with van der Waals surface area (Å²) < 4.78 is 124. The van der Waals surface area contributed by atoms with Gasteiger partial charge in [-0.1, -0.05) is 107 Å². The first-order chi connectivity index (χ1) is 25.7. The molecular formula is C28H62Cl3F3O12Si9. The monoisotopic (exact) mass is 1000 g/mol. The molecule has 0 N–H and O–H groups in total. The van der Waals surface area contributed by atoms with E-state index in [1.807, 2.05) is 0 Å². The van der Waals surface area contributed by atoms with Gasteiger partial charge >= 0.3 is 82.6 Å². The smallest absolute Gasteiger partial charge is 0.373 e. The number of rotatable bonds is 19. The van der Waals surface area contributed by atoms with E-state index in [0.29, 0.717) is 48.4 Å². The van der Waals surface area contributed by atoms with Gasteiger partial charge in [-0.2, -0.15) is 13.2 Å². The maximum absolute atomic E-state index is 11.5. The van der Waals surface area contributed by atoms with Crippen LogP contribution in [0.5, 0.6) is 0 Å². The summed E-state index contributed by atoms with van der Waals surface area (Å²) in [7, 11) is -29.1. The molecule has 12 nitrogen and oxygen atoms in total. The Hall–Kier alpha value is 2.13. The lowest BCUT2D eigenvalue weighted by molar-refractivity contribution is -0.134. The molecule has 55 heavy (non-hydrogen) atoms. The van der Waals surface area contributed by atoms with Crippen molar-refractivity contribution in [3.05, 3.63) is 0 Å². The zero-order chi connectivity index (χ0) is 40.9. The van der Waals surface area contributed by atoms with Crippen LogP contribution in [-0.4, -0.2) is 82.6 Å². The Morgan fingerprint density at radius 1 is 0.364 bits per heavy atom. The van der Waals surface area contributed by atoms with E-state index in [2.05, 4.69) is 55.4 Å². The molecule has 6 aliphatic rings. The van der Waals surface area contributed by atoms with Crippen molar-refractivity contribution in [2.75, 3.05) is 0 Å². The fourth-order valence-corrected chi connectivity index (χ4v) is 59.7. The van der Waals surface area contributed by atoms with Gasteiger partial charge in [0.2, 0.25) is 0 Å². The SMILES string of the molecule is CCC[Si]12O[Si]3(CCC)O[Si]4(CCC)O[Si](CCC)(O1)O[Si]1(CCC)O[Si](CCC)(O2)O[Si](CCC)(O3)O[Si](CCC)(O4)O1.FC(F)(F)CCC[Si](Cl)(Cl)Cl. The normalized spacial score (nSPS) is 39.8. The molecule has 0 saturated carbocycles. The van der Waals surface area contributed by atoms with E-state index in [-0.39, 0.29) is 12.5 Å². The Bertz CT molecular complexity index is 943. The summed E-state index contributed by atoms with van der Waals surface area (Å²) in [6.45, 7) is 17.0. The average molecular weight is 1010 g/mol. The number of hydrogen-bond acceptors (Lipinski definition) is 12. The lowest BCUT2D eigenvalue weighted by atomic mass is 10.3. The highest BCUT2D eigenvalue weighted by molar-refractivity contribution is 7.64. The van der Waals surface area contributed by atoms with Crippen molar-refractivity contribution in [1.29, 1.82) is 0 Å². The number of hydrogen-bond donors (Lipinski definition) is 0. The van der Waals surface area contributed by atoms with Gasteiger partial charge < -0.3 is 49.4 Å². The van der Waals surface area contributed by atoms with E-state index < -0.39 is 89.0 Å². The van der Waals surface area contributed by atoms with E-state index >= 15 is 0 Å². The fourth-order valence-electron chi connectivity index (χ4n) is 7.51. The molecule has 27 heteroatoms. The summed E-state index contributed by atoms with van der Waals surface area (Å²) in [6.07, 6.45) is 1.12. The number of halogens is 6. The maximum Gasteiger partial charge on any atom is 0.478 e. The molecule has 0 spiro atoms. The molecule has 0 unspecified atom stereocenters. The molecule has 6 aliphatic heterocycles. The third-order valence-corrected chi connectivity index (χ3v) is 50.5. The van der Waals surface area contributed by atoms with Gasteiger partial charge in [-0.25, -0.2) is 0 Å². The molecule has 6 saturated heterocycles. The van der Waals surface area contributed by atoms with Crippen LogP contribution >= 0.6 is 33.2 Å². The van der Waals surface area contributed by atoms with E-state index in [0.717, 1.165) is 51.4 Å². The molecule has 0 radical (unpaired) electrons. The molecule has 0 aromatic carbocycles. The summed E-state index contributed by atoms with van der Waals surface area (Å²) in [5.74, 6) is 0. The zero-order valence-corrected chi connectivity index (χ0v) is 44.9. The first-order valence-corrected chi connectivity index (χ1v) is 40.9. The van der Waals surface area contributed by atoms with Gasteiger partial charge in [0.25, 0.3) is 0 Å². The second kappa shape index (κ2) is 19.7. The molecule has 8 bridgehead atoms. The Morgan fingerprint density at radius 3 is 0.636 bits per heavy atom. The van der Waals surface area contributed by atoms with E-state index in [9.17, 15) is 13.2 Å². The van der Waals surface area contributed by atoms with Crippen LogP contribution < -0.4 is 0 Å². The van der Waals surface area contributed by atoms with E-state index in [4.69, 9.17) is 82.6 Å². The standard InChI is InChI=1S/C24H56O12Si8.C4H6Cl3F3Si/c1-9-17-37-25-38(18-10-2)28-41(21-13-5)30-39(26-37,19-11-3)32-43(23-15-7)33-40(27-37,20-12-4)31-42(29-38,22-14-6)35-44(34-41,36-43)24-16-8;5-11(6,7)3-1-2-4(8,9)10/h9-24H2,1-8H3;1-3H2. The van der Waals surface area contributed by atoms with Crippen molar-refractivity contribution in [1.82, 2.24) is 0 Å². The molecule has 0 atom stereocenters. The zero-order valence-electron chi connectivity index (χ0n) is 33.6. The first-order valence-electron chi connectivity index (χ1n) is 20.2. The molecule has 324 valence electrons. The van der Waals surface area contributed by atoms with Gasteiger partial charge in [-0.3, -0.25) is 0 Å². The van der Waals surface area contributed by atoms with Gasteiger partial charge in [0.15, 0.2) is 0 Å². The van der Waals surface area contributed by atoms with Gasteiger partial charge in [0, 0.05) is 54.8 Å². The second-order valence-corrected chi connectivity index (χ2v) is 48.8. The third kappa shape index (κ3) is 12.6. The summed E-state index contributed by atoms with van der Waals surface area (Å²) in [6, 6.07) is 1.66. The Balaban J connectivity index is 0.000000533. The van der Waals surface area contributed by atoms with Crippen LogP contribution in [0.3, 0.4) is 0 Å². The van der Waals surface area contributed by atoms with Crippen molar-refractivity contribution in [3.8, 4) is 0 Å². The molecule has 6 rings (SSSR count). The fraction of sp³-hybridized carbons (Fsp3) is 1.00. The van der Waals surface area contributed by atoms with Crippen LogP contribution in [0.1, 0.15) is 120 Å². The van der Waals surface area contributed by atoms with Crippen molar-refractivity contribution < 1.29 is 62.6 Å². The minimum atomic E-state index is -4.13. The topological polar surface area (TPSA) is 111 Å². The van der Waals surface area contributed by atoms with Crippen molar-refractivity contribution >= 4 is 110 Å². The quantitative estimate of drug-likeness (QED) is 0.0907. The Labute approximate surface area is 350 Å². The minimum Gasteiger partial charge on any atom is -0.373 e.